The molecule has 1 aromatic carbocycles. The van der Waals surface area contributed by atoms with Crippen LogP contribution in [0.2, 0.25) is 0 Å². The van der Waals surface area contributed by atoms with Crippen LogP contribution in [0, 0.1) is 5.92 Å². The van der Waals surface area contributed by atoms with Crippen molar-refractivity contribution in [3.05, 3.63) is 23.8 Å². The maximum absolute atomic E-state index is 12.1. The van der Waals surface area contributed by atoms with Crippen LogP contribution in [0.4, 0.5) is 0 Å². The maximum Gasteiger partial charge on any atom is 0.251 e. The van der Waals surface area contributed by atoms with Gasteiger partial charge in [-0.05, 0) is 37.0 Å². The van der Waals surface area contributed by atoms with Crippen LogP contribution < -0.4 is 14.8 Å². The summed E-state index contributed by atoms with van der Waals surface area (Å²) in [5.41, 5.74) is 0.578. The van der Waals surface area contributed by atoms with Gasteiger partial charge >= 0.3 is 0 Å². The fraction of sp³-hybridized carbons (Fsp3) is 0.533. The second-order valence-electron chi connectivity index (χ2n) is 5.41. The molecular weight excluding hydrogens is 258 g/mol. The van der Waals surface area contributed by atoms with Crippen molar-refractivity contribution in [2.75, 3.05) is 19.8 Å². The van der Waals surface area contributed by atoms with E-state index in [0.717, 1.165) is 19.3 Å². The zero-order valence-corrected chi connectivity index (χ0v) is 11.3. The van der Waals surface area contributed by atoms with Gasteiger partial charge in [-0.1, -0.05) is 0 Å². The lowest BCUT2D eigenvalue weighted by molar-refractivity contribution is 0.0420. The average molecular weight is 277 g/mol. The van der Waals surface area contributed by atoms with E-state index < -0.39 is 0 Å². The van der Waals surface area contributed by atoms with Crippen LogP contribution in [0.5, 0.6) is 11.5 Å². The number of amides is 1. The number of nitrogens with one attached hydrogen (secondary N) is 1. The summed E-state index contributed by atoms with van der Waals surface area (Å²) >= 11 is 0. The molecule has 1 aliphatic carbocycles. The van der Waals surface area contributed by atoms with Crippen LogP contribution >= 0.6 is 0 Å². The first-order chi connectivity index (χ1) is 9.72. The number of aliphatic hydroxyl groups excluding tert-OH is 1. The van der Waals surface area contributed by atoms with E-state index in [-0.39, 0.29) is 12.0 Å². The highest BCUT2D eigenvalue weighted by Crippen LogP contribution is 2.30. The molecule has 20 heavy (non-hydrogen) atoms. The number of ether oxygens (including phenoxy) is 2. The van der Waals surface area contributed by atoms with Crippen molar-refractivity contribution in [1.82, 2.24) is 5.32 Å². The summed E-state index contributed by atoms with van der Waals surface area (Å²) < 4.78 is 11.1. The molecule has 5 nitrogen and oxygen atoms in total. The third-order valence-corrected chi connectivity index (χ3v) is 3.77. The van der Waals surface area contributed by atoms with Gasteiger partial charge in [0.1, 0.15) is 0 Å². The van der Waals surface area contributed by atoms with E-state index in [0.29, 0.717) is 42.7 Å². The Morgan fingerprint density at radius 2 is 2.00 bits per heavy atom. The van der Waals surface area contributed by atoms with Gasteiger partial charge in [0.2, 0.25) is 0 Å². The summed E-state index contributed by atoms with van der Waals surface area (Å²) in [7, 11) is 0. The number of carbonyl (C=O) groups is 1. The van der Waals surface area contributed by atoms with Crippen molar-refractivity contribution in [1.29, 1.82) is 0 Å². The van der Waals surface area contributed by atoms with Crippen molar-refractivity contribution in [3.63, 3.8) is 0 Å². The maximum atomic E-state index is 12.1. The molecule has 5 heteroatoms. The summed E-state index contributed by atoms with van der Waals surface area (Å²) in [5.74, 6) is 1.62. The van der Waals surface area contributed by atoms with Crippen LogP contribution in [0.25, 0.3) is 0 Å². The molecule has 0 radical (unpaired) electrons. The number of carbonyl (C=O) groups excluding carboxylic acids is 1. The van der Waals surface area contributed by atoms with E-state index in [2.05, 4.69) is 5.32 Å². The standard InChI is InChI=1S/C15H19NO4/c17-12-6-10(7-12)9-16-15(18)11-2-3-13-14(8-11)20-5-1-4-19-13/h2-3,8,10,12,17H,1,4-7,9H2,(H,16,18). The van der Waals surface area contributed by atoms with E-state index in [1.807, 2.05) is 0 Å². The molecule has 1 aromatic rings. The van der Waals surface area contributed by atoms with Gasteiger partial charge in [0.05, 0.1) is 19.3 Å². The van der Waals surface area contributed by atoms with Gasteiger partial charge in [-0.2, -0.15) is 0 Å². The lowest BCUT2D eigenvalue weighted by Gasteiger charge is -2.31. The van der Waals surface area contributed by atoms with Gasteiger partial charge in [0.15, 0.2) is 11.5 Å². The average Bonchev–Trinajstić information content (AvgIpc) is 2.66. The van der Waals surface area contributed by atoms with Gasteiger partial charge in [-0.15, -0.1) is 0 Å². The minimum Gasteiger partial charge on any atom is -0.490 e. The quantitative estimate of drug-likeness (QED) is 0.875. The highest BCUT2D eigenvalue weighted by Gasteiger charge is 2.27. The lowest BCUT2D eigenvalue weighted by atomic mass is 9.82. The molecule has 0 atom stereocenters. The molecule has 2 aliphatic rings. The van der Waals surface area contributed by atoms with Gasteiger partial charge < -0.3 is 19.9 Å². The molecular formula is C15H19NO4. The third-order valence-electron chi connectivity index (χ3n) is 3.77. The Morgan fingerprint density at radius 3 is 2.75 bits per heavy atom. The zero-order valence-electron chi connectivity index (χ0n) is 11.3. The summed E-state index contributed by atoms with van der Waals surface area (Å²) in [5, 5.41) is 12.1. The highest BCUT2D eigenvalue weighted by molar-refractivity contribution is 5.94. The lowest BCUT2D eigenvalue weighted by Crippen LogP contribution is -2.38. The van der Waals surface area contributed by atoms with E-state index in [1.165, 1.54) is 0 Å². The van der Waals surface area contributed by atoms with Crippen molar-refractivity contribution < 1.29 is 19.4 Å². The predicted octanol–water partition coefficient (Wildman–Crippen LogP) is 1.35. The molecule has 0 spiro atoms. The summed E-state index contributed by atoms with van der Waals surface area (Å²) in [6, 6.07) is 5.26. The fourth-order valence-electron chi connectivity index (χ4n) is 2.51. The summed E-state index contributed by atoms with van der Waals surface area (Å²) in [6.45, 7) is 1.87. The van der Waals surface area contributed by atoms with E-state index in [9.17, 15) is 9.90 Å². The van der Waals surface area contributed by atoms with Crippen molar-refractivity contribution in [3.8, 4) is 11.5 Å². The molecule has 108 valence electrons. The van der Waals surface area contributed by atoms with Crippen LogP contribution in [0.1, 0.15) is 29.6 Å². The van der Waals surface area contributed by atoms with Gasteiger partial charge in [-0.3, -0.25) is 4.79 Å². The Labute approximate surface area is 117 Å². The molecule has 1 amide bonds. The first-order valence-corrected chi connectivity index (χ1v) is 7.08. The molecule has 0 unspecified atom stereocenters. The monoisotopic (exact) mass is 277 g/mol. The van der Waals surface area contributed by atoms with Gasteiger partial charge in [-0.25, -0.2) is 0 Å². The topological polar surface area (TPSA) is 67.8 Å². The Balaban J connectivity index is 1.61. The molecule has 0 saturated heterocycles. The van der Waals surface area contributed by atoms with Crippen molar-refractivity contribution in [2.24, 2.45) is 5.92 Å². The number of aliphatic hydroxyl groups is 1. The minimum absolute atomic E-state index is 0.109. The van der Waals surface area contributed by atoms with Crippen LogP contribution in [-0.4, -0.2) is 36.9 Å². The Hall–Kier alpha value is -1.75. The van der Waals surface area contributed by atoms with Gasteiger partial charge in [0, 0.05) is 18.5 Å². The van der Waals surface area contributed by atoms with Crippen molar-refractivity contribution in [2.45, 2.75) is 25.4 Å². The first kappa shape index (κ1) is 13.2. The van der Waals surface area contributed by atoms with E-state index in [4.69, 9.17) is 9.47 Å². The first-order valence-electron chi connectivity index (χ1n) is 7.08. The van der Waals surface area contributed by atoms with Crippen molar-refractivity contribution >= 4 is 5.91 Å². The SMILES string of the molecule is O=C(NCC1CC(O)C1)c1ccc2c(c1)OCCCO2. The molecule has 2 N–H and O–H groups in total. The second-order valence-corrected chi connectivity index (χ2v) is 5.41. The molecule has 1 aliphatic heterocycles. The van der Waals surface area contributed by atoms with E-state index >= 15 is 0 Å². The van der Waals surface area contributed by atoms with Gasteiger partial charge in [0.25, 0.3) is 5.91 Å². The van der Waals surface area contributed by atoms with E-state index in [1.54, 1.807) is 18.2 Å². The number of rotatable bonds is 3. The molecule has 1 saturated carbocycles. The summed E-state index contributed by atoms with van der Waals surface area (Å²) in [4.78, 5) is 12.1. The zero-order chi connectivity index (χ0) is 13.9. The third kappa shape index (κ3) is 2.88. The van der Waals surface area contributed by atoms with Crippen LogP contribution in [0.3, 0.4) is 0 Å². The molecule has 3 rings (SSSR count). The number of fused-ring (bicyclic) bond motifs is 1. The Morgan fingerprint density at radius 1 is 1.25 bits per heavy atom. The number of benzene rings is 1. The molecule has 1 fully saturated rings. The fourth-order valence-corrected chi connectivity index (χ4v) is 2.51. The smallest absolute Gasteiger partial charge is 0.251 e. The molecule has 0 aromatic heterocycles. The predicted molar refractivity (Wildman–Crippen MR) is 73.1 cm³/mol. The second kappa shape index (κ2) is 5.71. The van der Waals surface area contributed by atoms with Crippen LogP contribution in [0.15, 0.2) is 18.2 Å². The number of hydrogen-bond acceptors (Lipinski definition) is 4. The van der Waals surface area contributed by atoms with Crippen LogP contribution in [-0.2, 0) is 0 Å². The Bertz CT molecular complexity index is 497. The largest absolute Gasteiger partial charge is 0.490 e. The highest BCUT2D eigenvalue weighted by atomic mass is 16.5. The molecule has 0 bridgehead atoms. The Kier molecular flexibility index (Phi) is 3.78. The summed E-state index contributed by atoms with van der Waals surface area (Å²) in [6.07, 6.45) is 2.22. The number of hydrogen-bond donors (Lipinski definition) is 2. The normalized spacial score (nSPS) is 24.4. The molecule has 1 heterocycles. The minimum atomic E-state index is -0.185.